The number of carbonyl (C=O) groups is 1. The highest BCUT2D eigenvalue weighted by Gasteiger charge is 2.37. The van der Waals surface area contributed by atoms with E-state index < -0.39 is 18.1 Å². The van der Waals surface area contributed by atoms with Crippen molar-refractivity contribution in [2.75, 3.05) is 6.61 Å². The quantitative estimate of drug-likeness (QED) is 0.783. The van der Waals surface area contributed by atoms with Gasteiger partial charge in [-0.05, 0) is 26.0 Å². The highest BCUT2D eigenvalue weighted by atomic mass is 16.7. The van der Waals surface area contributed by atoms with Gasteiger partial charge in [0.15, 0.2) is 12.0 Å². The molecule has 1 aliphatic rings. The minimum absolute atomic E-state index is 0.253. The number of hydrogen-bond donors (Lipinski definition) is 2. The molecule has 1 amide bonds. The summed E-state index contributed by atoms with van der Waals surface area (Å²) in [6.07, 6.45) is -1.63. The zero-order valence-corrected chi connectivity index (χ0v) is 10.4. The number of carbonyl (C=O) groups excluding carboxylic acids is 1. The maximum absolute atomic E-state index is 11.8. The zero-order chi connectivity index (χ0) is 13.2. The van der Waals surface area contributed by atoms with Crippen LogP contribution in [0, 0.1) is 0 Å². The molecule has 1 aliphatic heterocycles. The van der Waals surface area contributed by atoms with Gasteiger partial charge in [0.05, 0.1) is 6.61 Å². The number of rotatable bonds is 3. The second kappa shape index (κ2) is 5.06. The van der Waals surface area contributed by atoms with Crippen molar-refractivity contribution < 1.29 is 19.4 Å². The van der Waals surface area contributed by atoms with E-state index in [0.29, 0.717) is 5.56 Å². The van der Waals surface area contributed by atoms with Crippen molar-refractivity contribution in [1.82, 2.24) is 5.32 Å². The van der Waals surface area contributed by atoms with E-state index in [1.54, 1.807) is 38.1 Å². The molecular formula is C13H17NO4. The molecule has 1 aromatic carbocycles. The van der Waals surface area contributed by atoms with Gasteiger partial charge >= 0.3 is 0 Å². The molecule has 1 heterocycles. The predicted octanol–water partition coefficient (Wildman–Crippen LogP) is 0.886. The van der Waals surface area contributed by atoms with Gasteiger partial charge in [0, 0.05) is 5.56 Å². The lowest BCUT2D eigenvalue weighted by Crippen LogP contribution is -2.44. The molecule has 5 nitrogen and oxygen atoms in total. The molecule has 0 bridgehead atoms. The highest BCUT2D eigenvalue weighted by Crippen LogP contribution is 2.23. The Balaban J connectivity index is 1.92. The van der Waals surface area contributed by atoms with E-state index in [1.807, 2.05) is 6.07 Å². The number of nitrogens with one attached hydrogen (secondary N) is 1. The van der Waals surface area contributed by atoms with Crippen molar-refractivity contribution in [3.8, 4) is 0 Å². The fourth-order valence-electron chi connectivity index (χ4n) is 1.77. The Morgan fingerprint density at radius 1 is 1.44 bits per heavy atom. The summed E-state index contributed by atoms with van der Waals surface area (Å²) in [6, 6.07) is 8.71. The van der Waals surface area contributed by atoms with E-state index in [2.05, 4.69) is 5.32 Å². The molecule has 2 rings (SSSR count). The third-order valence-electron chi connectivity index (χ3n) is 2.70. The van der Waals surface area contributed by atoms with Crippen LogP contribution in [0.15, 0.2) is 30.3 Å². The molecule has 2 N–H and O–H groups in total. The summed E-state index contributed by atoms with van der Waals surface area (Å²) in [5.41, 5.74) is 0.495. The van der Waals surface area contributed by atoms with Gasteiger partial charge in [0.1, 0.15) is 6.10 Å². The summed E-state index contributed by atoms with van der Waals surface area (Å²) in [7, 11) is 0. The molecule has 1 unspecified atom stereocenters. The average Bonchev–Trinajstić information content (AvgIpc) is 2.71. The standard InChI is InChI=1S/C13H17NO4/c1-13(2)17-8-10(18-13)12(16)14-11(15)9-6-4-3-5-7-9/h3-7,10,12,16H,8H2,1-2H3,(H,14,15)/t10-,12?/m1/s1. The summed E-state index contributed by atoms with van der Waals surface area (Å²) in [5, 5.41) is 12.4. The molecule has 0 saturated carbocycles. The van der Waals surface area contributed by atoms with Crippen LogP contribution in [0.3, 0.4) is 0 Å². The van der Waals surface area contributed by atoms with Gasteiger partial charge in [-0.25, -0.2) is 0 Å². The minimum atomic E-state index is -1.08. The maximum atomic E-state index is 11.8. The number of aliphatic hydroxyl groups is 1. The summed E-state index contributed by atoms with van der Waals surface area (Å²) >= 11 is 0. The zero-order valence-electron chi connectivity index (χ0n) is 10.4. The van der Waals surface area contributed by atoms with Crippen LogP contribution in [0.1, 0.15) is 24.2 Å². The van der Waals surface area contributed by atoms with Crippen molar-refractivity contribution >= 4 is 5.91 Å². The van der Waals surface area contributed by atoms with Crippen LogP contribution in [-0.4, -0.2) is 35.7 Å². The Kier molecular flexibility index (Phi) is 3.65. The SMILES string of the molecule is CC1(C)OC[C@H](C(O)NC(=O)c2ccccc2)O1. The van der Waals surface area contributed by atoms with E-state index in [9.17, 15) is 9.90 Å². The second-order valence-electron chi connectivity index (χ2n) is 4.65. The lowest BCUT2D eigenvalue weighted by atomic mass is 10.2. The van der Waals surface area contributed by atoms with Crippen LogP contribution >= 0.6 is 0 Å². The first-order valence-electron chi connectivity index (χ1n) is 5.84. The Hall–Kier alpha value is -1.43. The van der Waals surface area contributed by atoms with Gasteiger partial charge in [-0.1, -0.05) is 18.2 Å². The number of hydrogen-bond acceptors (Lipinski definition) is 4. The van der Waals surface area contributed by atoms with Crippen LogP contribution in [0.25, 0.3) is 0 Å². The van der Waals surface area contributed by atoms with Gasteiger partial charge in [-0.15, -0.1) is 0 Å². The number of aliphatic hydroxyl groups excluding tert-OH is 1. The minimum Gasteiger partial charge on any atom is -0.371 e. The van der Waals surface area contributed by atoms with E-state index in [-0.39, 0.29) is 12.5 Å². The van der Waals surface area contributed by atoms with Crippen LogP contribution < -0.4 is 5.32 Å². The fourth-order valence-corrected chi connectivity index (χ4v) is 1.77. The lowest BCUT2D eigenvalue weighted by molar-refractivity contribution is -0.152. The van der Waals surface area contributed by atoms with Crippen LogP contribution in [-0.2, 0) is 9.47 Å². The monoisotopic (exact) mass is 251 g/mol. The fraction of sp³-hybridized carbons (Fsp3) is 0.462. The molecule has 1 aromatic rings. The summed E-state index contributed by atoms with van der Waals surface area (Å²) in [5.74, 6) is -1.06. The van der Waals surface area contributed by atoms with E-state index in [1.165, 1.54) is 0 Å². The highest BCUT2D eigenvalue weighted by molar-refractivity contribution is 5.94. The number of benzene rings is 1. The van der Waals surface area contributed by atoms with Crippen molar-refractivity contribution in [1.29, 1.82) is 0 Å². The van der Waals surface area contributed by atoms with E-state index in [0.717, 1.165) is 0 Å². The third kappa shape index (κ3) is 3.07. The van der Waals surface area contributed by atoms with Gasteiger partial charge in [0.2, 0.25) is 0 Å². The molecule has 1 saturated heterocycles. The van der Waals surface area contributed by atoms with Crippen molar-refractivity contribution in [3.05, 3.63) is 35.9 Å². The molecule has 0 aromatic heterocycles. The third-order valence-corrected chi connectivity index (χ3v) is 2.70. The Labute approximate surface area is 106 Å². The van der Waals surface area contributed by atoms with E-state index in [4.69, 9.17) is 9.47 Å². The molecule has 98 valence electrons. The van der Waals surface area contributed by atoms with Gasteiger partial charge < -0.3 is 19.9 Å². The normalized spacial score (nSPS) is 23.6. The number of ether oxygens (including phenoxy) is 2. The lowest BCUT2D eigenvalue weighted by Gasteiger charge is -2.21. The predicted molar refractivity (Wildman–Crippen MR) is 64.8 cm³/mol. The Morgan fingerprint density at radius 2 is 2.11 bits per heavy atom. The van der Waals surface area contributed by atoms with Crippen molar-refractivity contribution in [2.45, 2.75) is 32.0 Å². The topological polar surface area (TPSA) is 67.8 Å². The molecule has 2 atom stereocenters. The molecule has 5 heteroatoms. The first-order chi connectivity index (χ1) is 8.48. The maximum Gasteiger partial charge on any atom is 0.253 e. The molecular weight excluding hydrogens is 234 g/mol. The molecule has 1 fully saturated rings. The second-order valence-corrected chi connectivity index (χ2v) is 4.65. The van der Waals surface area contributed by atoms with E-state index >= 15 is 0 Å². The first kappa shape index (κ1) is 13.0. The summed E-state index contributed by atoms with van der Waals surface area (Å²) in [6.45, 7) is 3.78. The van der Waals surface area contributed by atoms with Crippen LogP contribution in [0.2, 0.25) is 0 Å². The smallest absolute Gasteiger partial charge is 0.253 e. The van der Waals surface area contributed by atoms with Crippen LogP contribution in [0.5, 0.6) is 0 Å². The summed E-state index contributed by atoms with van der Waals surface area (Å²) in [4.78, 5) is 11.8. The Morgan fingerprint density at radius 3 is 2.67 bits per heavy atom. The van der Waals surface area contributed by atoms with Gasteiger partial charge in [0.25, 0.3) is 5.91 Å². The van der Waals surface area contributed by atoms with Crippen molar-refractivity contribution in [2.24, 2.45) is 0 Å². The van der Waals surface area contributed by atoms with Crippen molar-refractivity contribution in [3.63, 3.8) is 0 Å². The molecule has 18 heavy (non-hydrogen) atoms. The first-order valence-corrected chi connectivity index (χ1v) is 5.84. The largest absolute Gasteiger partial charge is 0.371 e. The van der Waals surface area contributed by atoms with Crippen LogP contribution in [0.4, 0.5) is 0 Å². The molecule has 0 aliphatic carbocycles. The molecule has 0 spiro atoms. The summed E-state index contributed by atoms with van der Waals surface area (Å²) < 4.78 is 10.8. The van der Waals surface area contributed by atoms with Gasteiger partial charge in [-0.2, -0.15) is 0 Å². The molecule has 0 radical (unpaired) electrons. The average molecular weight is 251 g/mol. The Bertz CT molecular complexity index is 418. The van der Waals surface area contributed by atoms with Gasteiger partial charge in [-0.3, -0.25) is 4.79 Å². The number of amides is 1.